The van der Waals surface area contributed by atoms with Gasteiger partial charge in [-0.15, -0.1) is 0 Å². The summed E-state index contributed by atoms with van der Waals surface area (Å²) in [7, 11) is 0. The van der Waals surface area contributed by atoms with Crippen molar-refractivity contribution in [3.8, 4) is 0 Å². The highest BCUT2D eigenvalue weighted by molar-refractivity contribution is 6.30. The molecule has 1 saturated heterocycles. The Morgan fingerprint density at radius 2 is 2.26 bits per heavy atom. The van der Waals surface area contributed by atoms with Gasteiger partial charge in [-0.1, -0.05) is 23.7 Å². The zero-order chi connectivity index (χ0) is 13.8. The Morgan fingerprint density at radius 1 is 1.47 bits per heavy atom. The zero-order valence-electron chi connectivity index (χ0n) is 10.6. The van der Waals surface area contributed by atoms with E-state index >= 15 is 0 Å². The Hall–Kier alpha value is -1.30. The summed E-state index contributed by atoms with van der Waals surface area (Å²) in [6.07, 6.45) is 0. The number of amides is 2. The Labute approximate surface area is 117 Å². The predicted molar refractivity (Wildman–Crippen MR) is 74.0 cm³/mol. The first-order chi connectivity index (χ1) is 9.11. The van der Waals surface area contributed by atoms with Crippen LogP contribution in [-0.4, -0.2) is 53.7 Å². The Kier molecular flexibility index (Phi) is 4.63. The van der Waals surface area contributed by atoms with Crippen molar-refractivity contribution in [1.29, 1.82) is 0 Å². The quantitative estimate of drug-likeness (QED) is 0.872. The SMILES string of the molecule is NC(=O)N1CCN(CCO)CC1c1cccc(Cl)c1. The van der Waals surface area contributed by atoms with E-state index in [2.05, 4.69) is 4.90 Å². The third kappa shape index (κ3) is 3.37. The maximum Gasteiger partial charge on any atom is 0.315 e. The van der Waals surface area contributed by atoms with Gasteiger partial charge in [0.05, 0.1) is 12.6 Å². The van der Waals surface area contributed by atoms with Crippen LogP contribution in [-0.2, 0) is 0 Å². The highest BCUT2D eigenvalue weighted by Crippen LogP contribution is 2.26. The number of nitrogens with zero attached hydrogens (tertiary/aromatic N) is 2. The van der Waals surface area contributed by atoms with Crippen LogP contribution in [0.25, 0.3) is 0 Å². The van der Waals surface area contributed by atoms with E-state index in [0.717, 1.165) is 12.1 Å². The van der Waals surface area contributed by atoms with Crippen molar-refractivity contribution in [2.45, 2.75) is 6.04 Å². The number of halogens is 1. The average Bonchev–Trinajstić information content (AvgIpc) is 2.39. The monoisotopic (exact) mass is 283 g/mol. The van der Waals surface area contributed by atoms with Gasteiger partial charge in [-0.05, 0) is 17.7 Å². The first kappa shape index (κ1) is 14.1. The van der Waals surface area contributed by atoms with Gasteiger partial charge in [0, 0.05) is 31.2 Å². The summed E-state index contributed by atoms with van der Waals surface area (Å²) < 4.78 is 0. The van der Waals surface area contributed by atoms with Gasteiger partial charge in [-0.3, -0.25) is 4.90 Å². The molecule has 1 aliphatic rings. The number of hydrogen-bond acceptors (Lipinski definition) is 3. The number of carbonyl (C=O) groups is 1. The lowest BCUT2D eigenvalue weighted by atomic mass is 10.0. The van der Waals surface area contributed by atoms with Crippen LogP contribution in [0.4, 0.5) is 4.79 Å². The van der Waals surface area contributed by atoms with Crippen LogP contribution in [0.3, 0.4) is 0 Å². The number of nitrogens with two attached hydrogens (primary N) is 1. The second-order valence-corrected chi connectivity index (χ2v) is 5.06. The standard InChI is InChI=1S/C13H18ClN3O2/c14-11-3-1-2-10(8-11)12-9-16(6-7-18)4-5-17(12)13(15)19/h1-3,8,12,18H,4-7,9H2,(H2,15,19). The maximum absolute atomic E-state index is 11.5. The second kappa shape index (κ2) is 6.23. The molecule has 1 atom stereocenters. The molecule has 0 saturated carbocycles. The first-order valence-corrected chi connectivity index (χ1v) is 6.64. The number of aliphatic hydroxyl groups is 1. The van der Waals surface area contributed by atoms with Crippen molar-refractivity contribution in [3.63, 3.8) is 0 Å². The average molecular weight is 284 g/mol. The van der Waals surface area contributed by atoms with E-state index in [1.54, 1.807) is 11.0 Å². The lowest BCUT2D eigenvalue weighted by Crippen LogP contribution is -2.52. The number of rotatable bonds is 3. The largest absolute Gasteiger partial charge is 0.395 e. The lowest BCUT2D eigenvalue weighted by Gasteiger charge is -2.40. The molecule has 0 aromatic heterocycles. The van der Waals surface area contributed by atoms with Crippen molar-refractivity contribution < 1.29 is 9.90 Å². The molecule has 0 spiro atoms. The third-order valence-electron chi connectivity index (χ3n) is 3.40. The summed E-state index contributed by atoms with van der Waals surface area (Å²) in [5, 5.41) is 9.67. The van der Waals surface area contributed by atoms with Crippen LogP contribution >= 0.6 is 11.6 Å². The fourth-order valence-electron chi connectivity index (χ4n) is 2.45. The first-order valence-electron chi connectivity index (χ1n) is 6.26. The lowest BCUT2D eigenvalue weighted by molar-refractivity contribution is 0.0853. The van der Waals surface area contributed by atoms with E-state index in [-0.39, 0.29) is 12.6 Å². The van der Waals surface area contributed by atoms with Crippen LogP contribution in [0.1, 0.15) is 11.6 Å². The Bertz CT molecular complexity index is 455. The van der Waals surface area contributed by atoms with Crippen LogP contribution in [0.5, 0.6) is 0 Å². The maximum atomic E-state index is 11.5. The predicted octanol–water partition coefficient (Wildman–Crippen LogP) is 1.07. The molecule has 1 unspecified atom stereocenters. The Morgan fingerprint density at radius 3 is 2.89 bits per heavy atom. The molecule has 3 N–H and O–H groups in total. The number of benzene rings is 1. The van der Waals surface area contributed by atoms with Gasteiger partial charge < -0.3 is 15.7 Å². The molecule has 1 aromatic rings. The molecule has 0 bridgehead atoms. The van der Waals surface area contributed by atoms with Gasteiger partial charge >= 0.3 is 6.03 Å². The molecule has 1 heterocycles. The van der Waals surface area contributed by atoms with E-state index in [4.69, 9.17) is 22.4 Å². The van der Waals surface area contributed by atoms with Crippen molar-refractivity contribution in [3.05, 3.63) is 34.9 Å². The molecule has 5 nitrogen and oxygen atoms in total. The summed E-state index contributed by atoms with van der Waals surface area (Å²) in [5.41, 5.74) is 6.41. The van der Waals surface area contributed by atoms with Crippen molar-refractivity contribution in [1.82, 2.24) is 9.80 Å². The minimum Gasteiger partial charge on any atom is -0.395 e. The number of primary amides is 1. The molecule has 0 radical (unpaired) electrons. The molecule has 6 heteroatoms. The summed E-state index contributed by atoms with van der Waals surface area (Å²) in [6, 6.07) is 6.92. The Balaban J connectivity index is 2.22. The fraction of sp³-hybridized carbons (Fsp3) is 0.462. The van der Waals surface area contributed by atoms with Gasteiger partial charge in [-0.25, -0.2) is 4.79 Å². The van der Waals surface area contributed by atoms with Crippen molar-refractivity contribution in [2.75, 3.05) is 32.8 Å². The van der Waals surface area contributed by atoms with Crippen LogP contribution < -0.4 is 5.73 Å². The summed E-state index contributed by atoms with van der Waals surface area (Å²) in [4.78, 5) is 15.3. The molecular formula is C13H18ClN3O2. The molecule has 1 fully saturated rings. The van der Waals surface area contributed by atoms with Crippen LogP contribution in [0.15, 0.2) is 24.3 Å². The normalized spacial score (nSPS) is 20.5. The molecule has 2 amide bonds. The molecule has 19 heavy (non-hydrogen) atoms. The number of β-amino-alcohol motifs (C(OH)–C–C–N with tert-alkyl or cyclic N) is 1. The fourth-order valence-corrected chi connectivity index (χ4v) is 2.65. The van der Waals surface area contributed by atoms with Crippen LogP contribution in [0.2, 0.25) is 5.02 Å². The highest BCUT2D eigenvalue weighted by atomic mass is 35.5. The van der Waals surface area contributed by atoms with Gasteiger partial charge in [0.15, 0.2) is 0 Å². The van der Waals surface area contributed by atoms with Crippen molar-refractivity contribution in [2.24, 2.45) is 5.73 Å². The van der Waals surface area contributed by atoms with Crippen LogP contribution in [0, 0.1) is 0 Å². The molecule has 0 aliphatic carbocycles. The molecule has 2 rings (SSSR count). The number of aliphatic hydroxyl groups excluding tert-OH is 1. The van der Waals surface area contributed by atoms with E-state index in [0.29, 0.717) is 24.7 Å². The number of urea groups is 1. The van der Waals surface area contributed by atoms with Gasteiger partial charge in [0.2, 0.25) is 0 Å². The zero-order valence-corrected chi connectivity index (χ0v) is 11.4. The van der Waals surface area contributed by atoms with Gasteiger partial charge in [0.1, 0.15) is 0 Å². The third-order valence-corrected chi connectivity index (χ3v) is 3.63. The molecule has 104 valence electrons. The molecular weight excluding hydrogens is 266 g/mol. The topological polar surface area (TPSA) is 69.8 Å². The van der Waals surface area contributed by atoms with E-state index in [1.807, 2.05) is 18.2 Å². The molecule has 1 aliphatic heterocycles. The number of hydrogen-bond donors (Lipinski definition) is 2. The van der Waals surface area contributed by atoms with Crippen molar-refractivity contribution >= 4 is 17.6 Å². The summed E-state index contributed by atoms with van der Waals surface area (Å²) in [6.45, 7) is 2.65. The van der Waals surface area contributed by atoms with E-state index in [9.17, 15) is 4.79 Å². The summed E-state index contributed by atoms with van der Waals surface area (Å²) >= 11 is 6.00. The van der Waals surface area contributed by atoms with Gasteiger partial charge in [0.25, 0.3) is 0 Å². The van der Waals surface area contributed by atoms with E-state index in [1.165, 1.54) is 0 Å². The molecule has 1 aromatic carbocycles. The van der Waals surface area contributed by atoms with Gasteiger partial charge in [-0.2, -0.15) is 0 Å². The minimum absolute atomic E-state index is 0.110. The second-order valence-electron chi connectivity index (χ2n) is 4.63. The smallest absolute Gasteiger partial charge is 0.315 e. The number of piperazine rings is 1. The highest BCUT2D eigenvalue weighted by Gasteiger charge is 2.30. The summed E-state index contributed by atoms with van der Waals surface area (Å²) in [5.74, 6) is 0. The number of carbonyl (C=O) groups excluding carboxylic acids is 1. The van der Waals surface area contributed by atoms with E-state index < -0.39 is 6.03 Å². The minimum atomic E-state index is -0.423.